The number of hydrogen-bond donors (Lipinski definition) is 1. The van der Waals surface area contributed by atoms with E-state index in [1.54, 1.807) is 0 Å². The van der Waals surface area contributed by atoms with Crippen LogP contribution in [0.2, 0.25) is 0 Å². The highest BCUT2D eigenvalue weighted by atomic mass is 32.2. The number of rotatable bonds is 11. The lowest BCUT2D eigenvalue weighted by Gasteiger charge is -2.49. The molecule has 0 aromatic carbocycles. The Balaban J connectivity index is 2.28. The highest BCUT2D eigenvalue weighted by Crippen LogP contribution is 2.47. The lowest BCUT2D eigenvalue weighted by Crippen LogP contribution is -2.70. The van der Waals surface area contributed by atoms with Crippen molar-refractivity contribution in [3.63, 3.8) is 0 Å². The van der Waals surface area contributed by atoms with Gasteiger partial charge in [0.15, 0.2) is 0 Å². The number of ether oxygens (including phenoxy) is 4. The molecule has 0 aromatic heterocycles. The number of carbonyl (C=O) groups is 7. The largest absolute Gasteiger partial charge is 0.454 e. The molecule has 2 rings (SSSR count). The quantitative estimate of drug-likeness (QED) is 0.126. The van der Waals surface area contributed by atoms with E-state index < -0.39 is 70.8 Å². The molecule has 1 N–H and O–H groups in total. The second kappa shape index (κ2) is 12.1. The zero-order valence-corrected chi connectivity index (χ0v) is 19.2. The summed E-state index contributed by atoms with van der Waals surface area (Å²) >= 11 is 0.382. The van der Waals surface area contributed by atoms with Crippen molar-refractivity contribution in [1.82, 2.24) is 10.2 Å². The van der Waals surface area contributed by atoms with Gasteiger partial charge in [-0.2, -0.15) is 0 Å². The molecule has 0 spiro atoms. The minimum Gasteiger partial charge on any atom is -0.454 e. The van der Waals surface area contributed by atoms with E-state index in [-0.39, 0.29) is 19.8 Å². The van der Waals surface area contributed by atoms with Crippen molar-refractivity contribution < 1.29 is 52.5 Å². The summed E-state index contributed by atoms with van der Waals surface area (Å²) in [6.07, 6.45) is 2.17. The number of esters is 2. The Morgan fingerprint density at radius 3 is 2.26 bits per heavy atom. The minimum absolute atomic E-state index is 0.107. The number of nitrogens with zero attached hydrogens (tertiary/aromatic N) is 1. The first-order valence-corrected chi connectivity index (χ1v) is 10.9. The van der Waals surface area contributed by atoms with E-state index in [9.17, 15) is 33.6 Å². The maximum absolute atomic E-state index is 13.0. The first kappa shape index (κ1) is 27.5. The molecular weight excluding hydrogens is 488 g/mol. The van der Waals surface area contributed by atoms with E-state index in [0.717, 1.165) is 0 Å². The number of nitrogens with one attached hydrogen (secondary N) is 1. The molecule has 2 heterocycles. The fourth-order valence-electron chi connectivity index (χ4n) is 3.10. The zero-order valence-electron chi connectivity index (χ0n) is 18.4. The van der Waals surface area contributed by atoms with Crippen LogP contribution in [0.25, 0.3) is 0 Å². The molecule has 0 aromatic rings. The summed E-state index contributed by atoms with van der Waals surface area (Å²) < 4.78 is 19.9. The summed E-state index contributed by atoms with van der Waals surface area (Å²) in [7, 11) is 0. The van der Waals surface area contributed by atoms with Gasteiger partial charge in [-0.05, 0) is 0 Å². The van der Waals surface area contributed by atoms with Crippen molar-refractivity contribution in [3.8, 4) is 0 Å². The van der Waals surface area contributed by atoms with Crippen molar-refractivity contribution in [2.75, 3.05) is 26.4 Å². The second-order valence-corrected chi connectivity index (χ2v) is 8.07. The Morgan fingerprint density at radius 2 is 1.69 bits per heavy atom. The van der Waals surface area contributed by atoms with E-state index in [4.69, 9.17) is 9.47 Å². The molecule has 2 fully saturated rings. The summed E-state index contributed by atoms with van der Waals surface area (Å²) in [5, 5.41) is -0.0269. The van der Waals surface area contributed by atoms with Gasteiger partial charge in [0.1, 0.15) is 24.5 Å². The second-order valence-electron chi connectivity index (χ2n) is 6.90. The van der Waals surface area contributed by atoms with Crippen molar-refractivity contribution in [1.29, 1.82) is 0 Å². The standard InChI is InChI=1S/C21H22N2O11S/c1-4-7-31-19(29)16(27)23-15(26)14(21(33-9-6-3)10-12(24)18(28)34-21)17(23)35-13(25)11-22-20(30)32-8-5-2/h4-6,14,17H,1-3,7-11H2,(H,22,30)/t14-,17+,21+/m0/s1. The van der Waals surface area contributed by atoms with Crippen molar-refractivity contribution >= 4 is 52.5 Å². The van der Waals surface area contributed by atoms with Crippen LogP contribution in [-0.2, 0) is 47.7 Å². The third-order valence-electron chi connectivity index (χ3n) is 4.55. The van der Waals surface area contributed by atoms with Gasteiger partial charge < -0.3 is 24.3 Å². The SMILES string of the molecule is C=CCOC(=O)NCC(=O)S[C@@H]1[C@@H]([C@@]2(OCC=C)CC(=O)C(=O)O2)C(=O)N1C(=O)C(=O)OCC=C. The Kier molecular flexibility index (Phi) is 9.48. The molecule has 0 radical (unpaired) electrons. The number of amides is 3. The van der Waals surface area contributed by atoms with Crippen LogP contribution in [0.4, 0.5) is 4.79 Å². The number of imide groups is 1. The number of carbonyl (C=O) groups excluding carboxylic acids is 7. The molecule has 2 aliphatic heterocycles. The Bertz CT molecular complexity index is 960. The number of thioether (sulfide) groups is 1. The van der Waals surface area contributed by atoms with Gasteiger partial charge >= 0.3 is 23.9 Å². The molecule has 3 atom stereocenters. The van der Waals surface area contributed by atoms with Crippen LogP contribution in [0.15, 0.2) is 38.0 Å². The summed E-state index contributed by atoms with van der Waals surface area (Å²) in [5.41, 5.74) is 0. The summed E-state index contributed by atoms with van der Waals surface area (Å²) in [5.74, 6) is -9.74. The Labute approximate surface area is 203 Å². The number of β-lactam (4-membered cyclic amide) rings is 1. The lowest BCUT2D eigenvalue weighted by atomic mass is 9.86. The average molecular weight is 510 g/mol. The van der Waals surface area contributed by atoms with Crippen LogP contribution >= 0.6 is 11.8 Å². The number of hydrogen-bond acceptors (Lipinski definition) is 12. The van der Waals surface area contributed by atoms with Crippen molar-refractivity contribution in [2.24, 2.45) is 5.92 Å². The van der Waals surface area contributed by atoms with E-state index in [1.165, 1.54) is 18.2 Å². The predicted octanol–water partition coefficient (Wildman–Crippen LogP) is -0.386. The van der Waals surface area contributed by atoms with Crippen LogP contribution in [0.1, 0.15) is 6.42 Å². The molecule has 188 valence electrons. The molecule has 14 heteroatoms. The molecule has 0 saturated carbocycles. The molecule has 0 unspecified atom stereocenters. The monoisotopic (exact) mass is 510 g/mol. The van der Waals surface area contributed by atoms with Gasteiger partial charge in [-0.15, -0.1) is 6.58 Å². The third-order valence-corrected chi connectivity index (χ3v) is 5.68. The van der Waals surface area contributed by atoms with Crippen LogP contribution < -0.4 is 5.32 Å². The topological polar surface area (TPSA) is 172 Å². The van der Waals surface area contributed by atoms with Gasteiger partial charge in [0, 0.05) is 0 Å². The molecule has 35 heavy (non-hydrogen) atoms. The van der Waals surface area contributed by atoms with E-state index >= 15 is 0 Å². The van der Waals surface area contributed by atoms with Gasteiger partial charge in [-0.25, -0.2) is 14.4 Å². The lowest BCUT2D eigenvalue weighted by molar-refractivity contribution is -0.249. The van der Waals surface area contributed by atoms with Gasteiger partial charge in [0.2, 0.25) is 22.6 Å². The molecule has 13 nitrogen and oxygen atoms in total. The van der Waals surface area contributed by atoms with E-state index in [1.807, 2.05) is 0 Å². The van der Waals surface area contributed by atoms with Crippen molar-refractivity contribution in [3.05, 3.63) is 38.0 Å². The van der Waals surface area contributed by atoms with Gasteiger partial charge in [-0.1, -0.05) is 43.1 Å². The Hall–Kier alpha value is -3.78. The molecule has 0 aliphatic carbocycles. The number of Topliss-reactive ketones (excluding diaryl/α,β-unsaturated/α-hetero) is 1. The smallest absolute Gasteiger partial charge is 0.407 e. The first-order chi connectivity index (χ1) is 16.6. The van der Waals surface area contributed by atoms with Gasteiger partial charge in [-0.3, -0.25) is 24.1 Å². The molecule has 3 amide bonds. The first-order valence-electron chi connectivity index (χ1n) is 9.99. The summed E-state index contributed by atoms with van der Waals surface area (Å²) in [4.78, 5) is 85.9. The van der Waals surface area contributed by atoms with Crippen LogP contribution in [0.5, 0.6) is 0 Å². The van der Waals surface area contributed by atoms with Crippen LogP contribution in [0, 0.1) is 5.92 Å². The van der Waals surface area contributed by atoms with E-state index in [2.05, 4.69) is 34.5 Å². The summed E-state index contributed by atoms with van der Waals surface area (Å²) in [6.45, 7) is 8.90. The number of alkyl carbamates (subject to hydrolysis) is 1. The number of cyclic esters (lactones) is 1. The zero-order chi connectivity index (χ0) is 26.2. The van der Waals surface area contributed by atoms with Crippen LogP contribution in [-0.4, -0.2) is 83.2 Å². The fraction of sp³-hybridized carbons (Fsp3) is 0.381. The molecular formula is C21H22N2O11S. The molecule has 2 saturated heterocycles. The highest BCUT2D eigenvalue weighted by molar-refractivity contribution is 8.14. The number of ketones is 1. The fourth-order valence-corrected chi connectivity index (χ4v) is 4.29. The minimum atomic E-state index is -2.13. The van der Waals surface area contributed by atoms with Gasteiger partial charge in [0.05, 0.1) is 19.6 Å². The van der Waals surface area contributed by atoms with E-state index in [0.29, 0.717) is 16.7 Å². The maximum Gasteiger partial charge on any atom is 0.407 e. The maximum atomic E-state index is 13.0. The van der Waals surface area contributed by atoms with Crippen LogP contribution in [0.3, 0.4) is 0 Å². The average Bonchev–Trinajstić information content (AvgIpc) is 3.11. The third kappa shape index (κ3) is 6.22. The molecule has 2 aliphatic rings. The normalized spacial score (nSPS) is 23.0. The predicted molar refractivity (Wildman–Crippen MR) is 117 cm³/mol. The Morgan fingerprint density at radius 1 is 1.06 bits per heavy atom. The molecule has 0 bridgehead atoms. The highest BCUT2D eigenvalue weighted by Gasteiger charge is 2.68. The van der Waals surface area contributed by atoms with Gasteiger partial charge in [0.25, 0.3) is 0 Å². The summed E-state index contributed by atoms with van der Waals surface area (Å²) in [6, 6.07) is 0. The number of likely N-dealkylation sites (tertiary alicyclic amines) is 1. The van der Waals surface area contributed by atoms with Crippen molar-refractivity contribution in [2.45, 2.75) is 17.6 Å².